The van der Waals surface area contributed by atoms with E-state index in [0.29, 0.717) is 6.42 Å². The molecule has 0 aromatic rings. The molecule has 6 heteroatoms. The standard InChI is InChI=1S/C8H14N2O4/c1-2-6(11)9-4-3-7(12)10-5-8(13)14/h2-5H2,1H3,(H,9,11)(H,10,12)(H,13,14). The number of carbonyl (C=O) groups is 3. The molecule has 0 radical (unpaired) electrons. The number of carbonyl (C=O) groups excluding carboxylic acids is 2. The van der Waals surface area contributed by atoms with Gasteiger partial charge in [0, 0.05) is 19.4 Å². The quantitative estimate of drug-likeness (QED) is 0.520. The lowest BCUT2D eigenvalue weighted by atomic mass is 10.3. The molecule has 2 amide bonds. The van der Waals surface area contributed by atoms with Crippen molar-refractivity contribution in [2.75, 3.05) is 13.1 Å². The minimum Gasteiger partial charge on any atom is -0.480 e. The summed E-state index contributed by atoms with van der Waals surface area (Å²) in [5.41, 5.74) is 0. The third kappa shape index (κ3) is 7.08. The lowest BCUT2D eigenvalue weighted by molar-refractivity contribution is -0.138. The third-order valence-corrected chi connectivity index (χ3v) is 1.43. The van der Waals surface area contributed by atoms with E-state index < -0.39 is 5.97 Å². The Labute approximate surface area is 81.7 Å². The molecule has 0 heterocycles. The highest BCUT2D eigenvalue weighted by Gasteiger charge is 2.03. The molecule has 6 nitrogen and oxygen atoms in total. The number of carboxylic acid groups (broad SMARTS) is 1. The number of carboxylic acids is 1. The highest BCUT2D eigenvalue weighted by atomic mass is 16.4. The summed E-state index contributed by atoms with van der Waals surface area (Å²) in [5, 5.41) is 12.9. The lowest BCUT2D eigenvalue weighted by Crippen LogP contribution is -2.33. The van der Waals surface area contributed by atoms with Gasteiger partial charge >= 0.3 is 5.97 Å². The van der Waals surface area contributed by atoms with Crippen molar-refractivity contribution < 1.29 is 19.5 Å². The summed E-state index contributed by atoms with van der Waals surface area (Å²) in [6.07, 6.45) is 0.468. The van der Waals surface area contributed by atoms with Crippen molar-refractivity contribution in [1.82, 2.24) is 10.6 Å². The molecule has 0 aliphatic carbocycles. The maximum atomic E-state index is 10.9. The van der Waals surface area contributed by atoms with Crippen LogP contribution in [0, 0.1) is 0 Å². The van der Waals surface area contributed by atoms with Gasteiger partial charge in [-0.15, -0.1) is 0 Å². The maximum absolute atomic E-state index is 10.9. The highest BCUT2D eigenvalue weighted by Crippen LogP contribution is 1.79. The van der Waals surface area contributed by atoms with Gasteiger partial charge in [0.05, 0.1) is 0 Å². The second-order valence-corrected chi connectivity index (χ2v) is 2.62. The van der Waals surface area contributed by atoms with E-state index in [4.69, 9.17) is 5.11 Å². The predicted octanol–water partition coefficient (Wildman–Crippen LogP) is -0.896. The fourth-order valence-electron chi connectivity index (χ4n) is 0.703. The van der Waals surface area contributed by atoms with Crippen LogP contribution in [0.1, 0.15) is 19.8 Å². The fraction of sp³-hybridized carbons (Fsp3) is 0.625. The van der Waals surface area contributed by atoms with Crippen molar-refractivity contribution in [3.63, 3.8) is 0 Å². The van der Waals surface area contributed by atoms with E-state index in [1.807, 2.05) is 0 Å². The minimum absolute atomic E-state index is 0.0962. The lowest BCUT2D eigenvalue weighted by Gasteiger charge is -2.03. The molecule has 80 valence electrons. The normalized spacial score (nSPS) is 9.21. The van der Waals surface area contributed by atoms with Crippen molar-refractivity contribution in [3.05, 3.63) is 0 Å². The summed E-state index contributed by atoms with van der Waals surface area (Å²) in [7, 11) is 0. The van der Waals surface area contributed by atoms with E-state index in [9.17, 15) is 14.4 Å². The monoisotopic (exact) mass is 202 g/mol. The van der Waals surface area contributed by atoms with Crippen molar-refractivity contribution in [2.45, 2.75) is 19.8 Å². The van der Waals surface area contributed by atoms with E-state index in [1.165, 1.54) is 0 Å². The Morgan fingerprint density at radius 1 is 1.14 bits per heavy atom. The van der Waals surface area contributed by atoms with Gasteiger partial charge in [0.1, 0.15) is 6.54 Å². The number of hydrogen-bond acceptors (Lipinski definition) is 3. The Bertz CT molecular complexity index is 227. The number of aliphatic carboxylic acids is 1. The summed E-state index contributed by atoms with van der Waals surface area (Å²) < 4.78 is 0. The summed E-state index contributed by atoms with van der Waals surface area (Å²) >= 11 is 0. The van der Waals surface area contributed by atoms with E-state index >= 15 is 0 Å². The SMILES string of the molecule is CCC(=O)NCCC(=O)NCC(=O)O. The summed E-state index contributed by atoms with van der Waals surface area (Å²) in [6, 6.07) is 0. The summed E-state index contributed by atoms with van der Waals surface area (Å²) in [5.74, 6) is -1.60. The van der Waals surface area contributed by atoms with Gasteiger partial charge in [-0.3, -0.25) is 14.4 Å². The van der Waals surface area contributed by atoms with Gasteiger partial charge in [-0.1, -0.05) is 6.92 Å². The second kappa shape index (κ2) is 6.88. The molecule has 0 aromatic carbocycles. The van der Waals surface area contributed by atoms with Crippen molar-refractivity contribution in [3.8, 4) is 0 Å². The molecule has 0 rings (SSSR count). The zero-order valence-corrected chi connectivity index (χ0v) is 8.00. The summed E-state index contributed by atoms with van der Waals surface area (Å²) in [4.78, 5) is 31.7. The Morgan fingerprint density at radius 3 is 2.29 bits per heavy atom. The molecule has 0 bridgehead atoms. The number of amides is 2. The molecule has 0 atom stereocenters. The number of nitrogens with one attached hydrogen (secondary N) is 2. The van der Waals surface area contributed by atoms with Crippen LogP contribution in [0.2, 0.25) is 0 Å². The largest absolute Gasteiger partial charge is 0.480 e. The number of rotatable bonds is 6. The van der Waals surface area contributed by atoms with Gasteiger partial charge < -0.3 is 15.7 Å². The van der Waals surface area contributed by atoms with Gasteiger partial charge in [0.15, 0.2) is 0 Å². The molecular formula is C8H14N2O4. The Hall–Kier alpha value is -1.59. The van der Waals surface area contributed by atoms with Crippen LogP contribution in [0.15, 0.2) is 0 Å². The molecule has 0 aliphatic rings. The molecule has 14 heavy (non-hydrogen) atoms. The van der Waals surface area contributed by atoms with E-state index in [0.717, 1.165) is 0 Å². The van der Waals surface area contributed by atoms with E-state index in [1.54, 1.807) is 6.92 Å². The molecule has 0 saturated heterocycles. The maximum Gasteiger partial charge on any atom is 0.322 e. The Morgan fingerprint density at radius 2 is 1.79 bits per heavy atom. The predicted molar refractivity (Wildman–Crippen MR) is 48.6 cm³/mol. The average molecular weight is 202 g/mol. The zero-order valence-electron chi connectivity index (χ0n) is 8.00. The zero-order chi connectivity index (χ0) is 11.0. The topological polar surface area (TPSA) is 95.5 Å². The van der Waals surface area contributed by atoms with Crippen molar-refractivity contribution in [1.29, 1.82) is 0 Å². The van der Waals surface area contributed by atoms with Gasteiger partial charge in [0.2, 0.25) is 11.8 Å². The highest BCUT2D eigenvalue weighted by molar-refractivity contribution is 5.82. The van der Waals surface area contributed by atoms with Gasteiger partial charge in [0.25, 0.3) is 0 Å². The Kier molecular flexibility index (Phi) is 6.09. The smallest absolute Gasteiger partial charge is 0.322 e. The minimum atomic E-state index is -1.09. The summed E-state index contributed by atoms with van der Waals surface area (Å²) in [6.45, 7) is 1.55. The third-order valence-electron chi connectivity index (χ3n) is 1.43. The first-order valence-corrected chi connectivity index (χ1v) is 4.31. The van der Waals surface area contributed by atoms with Gasteiger partial charge in [-0.2, -0.15) is 0 Å². The molecular weight excluding hydrogens is 188 g/mol. The van der Waals surface area contributed by atoms with Crippen LogP contribution in [0.25, 0.3) is 0 Å². The molecule has 0 saturated carbocycles. The molecule has 0 unspecified atom stereocenters. The van der Waals surface area contributed by atoms with Crippen LogP contribution in [-0.2, 0) is 14.4 Å². The van der Waals surface area contributed by atoms with Crippen LogP contribution >= 0.6 is 0 Å². The first kappa shape index (κ1) is 12.4. The first-order chi connectivity index (χ1) is 6.56. The van der Waals surface area contributed by atoms with Gasteiger partial charge in [-0.25, -0.2) is 0 Å². The Balaban J connectivity index is 3.45. The van der Waals surface area contributed by atoms with Crippen molar-refractivity contribution in [2.24, 2.45) is 0 Å². The van der Waals surface area contributed by atoms with E-state index in [2.05, 4.69) is 10.6 Å². The van der Waals surface area contributed by atoms with Crippen LogP contribution in [0.5, 0.6) is 0 Å². The fourth-order valence-corrected chi connectivity index (χ4v) is 0.703. The van der Waals surface area contributed by atoms with Crippen LogP contribution in [0.4, 0.5) is 0 Å². The van der Waals surface area contributed by atoms with Gasteiger partial charge in [-0.05, 0) is 0 Å². The second-order valence-electron chi connectivity index (χ2n) is 2.62. The van der Waals surface area contributed by atoms with E-state index in [-0.39, 0.29) is 31.3 Å². The molecule has 0 aromatic heterocycles. The van der Waals surface area contributed by atoms with Crippen LogP contribution < -0.4 is 10.6 Å². The number of hydrogen-bond donors (Lipinski definition) is 3. The molecule has 0 aliphatic heterocycles. The average Bonchev–Trinajstić information content (AvgIpc) is 2.14. The molecule has 0 spiro atoms. The molecule has 0 fully saturated rings. The first-order valence-electron chi connectivity index (χ1n) is 4.31. The van der Waals surface area contributed by atoms with Crippen LogP contribution in [0.3, 0.4) is 0 Å². The van der Waals surface area contributed by atoms with Crippen LogP contribution in [-0.4, -0.2) is 36.0 Å². The molecule has 3 N–H and O–H groups in total. The van der Waals surface area contributed by atoms with Crippen molar-refractivity contribution >= 4 is 17.8 Å².